The van der Waals surface area contributed by atoms with Crippen molar-refractivity contribution < 1.29 is 5.11 Å². The van der Waals surface area contributed by atoms with Crippen molar-refractivity contribution in [3.63, 3.8) is 0 Å². The average molecular weight is 239 g/mol. The Bertz CT molecular complexity index is 347. The predicted molar refractivity (Wildman–Crippen MR) is 71.4 cm³/mol. The van der Waals surface area contributed by atoms with Crippen molar-refractivity contribution in [3.8, 4) is 0 Å². The SMILES string of the molecule is CCCCC(C)Nc1c(C)c(C)nn1CCO. The van der Waals surface area contributed by atoms with Crippen molar-refractivity contribution in [2.45, 2.75) is 59.5 Å². The van der Waals surface area contributed by atoms with Gasteiger partial charge in [0.15, 0.2) is 0 Å². The summed E-state index contributed by atoms with van der Waals surface area (Å²) in [5.74, 6) is 1.06. The molecule has 0 spiro atoms. The lowest BCUT2D eigenvalue weighted by atomic mass is 10.1. The Kier molecular flexibility index (Phi) is 5.48. The highest BCUT2D eigenvalue weighted by Crippen LogP contribution is 2.20. The van der Waals surface area contributed by atoms with Crippen LogP contribution in [-0.2, 0) is 6.54 Å². The number of aromatic nitrogens is 2. The molecule has 0 fully saturated rings. The molecular formula is C13H25N3O. The molecule has 0 amide bonds. The molecule has 0 aliphatic rings. The van der Waals surface area contributed by atoms with Crippen molar-refractivity contribution in [3.05, 3.63) is 11.3 Å². The molecule has 0 saturated heterocycles. The molecule has 0 aliphatic heterocycles. The molecule has 4 nitrogen and oxygen atoms in total. The smallest absolute Gasteiger partial charge is 0.127 e. The highest BCUT2D eigenvalue weighted by Gasteiger charge is 2.13. The second kappa shape index (κ2) is 6.64. The van der Waals surface area contributed by atoms with Gasteiger partial charge in [0.2, 0.25) is 0 Å². The zero-order valence-corrected chi connectivity index (χ0v) is 11.5. The van der Waals surface area contributed by atoms with E-state index < -0.39 is 0 Å². The number of hydrogen-bond acceptors (Lipinski definition) is 3. The van der Waals surface area contributed by atoms with Crippen LogP contribution in [0, 0.1) is 13.8 Å². The van der Waals surface area contributed by atoms with Crippen LogP contribution in [0.1, 0.15) is 44.4 Å². The lowest BCUT2D eigenvalue weighted by Gasteiger charge is -2.16. The number of nitrogens with zero attached hydrogens (tertiary/aromatic N) is 2. The van der Waals surface area contributed by atoms with Crippen LogP contribution in [0.25, 0.3) is 0 Å². The second-order valence-electron chi connectivity index (χ2n) is 4.69. The van der Waals surface area contributed by atoms with Gasteiger partial charge in [0.1, 0.15) is 5.82 Å². The first-order chi connectivity index (χ1) is 8.10. The van der Waals surface area contributed by atoms with Crippen LogP contribution >= 0.6 is 0 Å². The summed E-state index contributed by atoms with van der Waals surface area (Å²) in [5, 5.41) is 17.0. The van der Waals surface area contributed by atoms with E-state index in [1.807, 2.05) is 11.6 Å². The van der Waals surface area contributed by atoms with Gasteiger partial charge in [-0.25, -0.2) is 4.68 Å². The Labute approximate surface area is 104 Å². The summed E-state index contributed by atoms with van der Waals surface area (Å²) in [4.78, 5) is 0. The fourth-order valence-corrected chi connectivity index (χ4v) is 1.93. The summed E-state index contributed by atoms with van der Waals surface area (Å²) in [6.45, 7) is 9.16. The number of rotatable bonds is 7. The summed E-state index contributed by atoms with van der Waals surface area (Å²) < 4.78 is 1.87. The number of unbranched alkanes of at least 4 members (excludes halogenated alkanes) is 1. The molecule has 17 heavy (non-hydrogen) atoms. The standard InChI is InChI=1S/C13H25N3O/c1-5-6-7-10(2)14-13-11(3)12(4)15-16(13)8-9-17/h10,14,17H,5-9H2,1-4H3. The fraction of sp³-hybridized carbons (Fsp3) is 0.769. The Morgan fingerprint density at radius 3 is 2.71 bits per heavy atom. The minimum Gasteiger partial charge on any atom is -0.394 e. The highest BCUT2D eigenvalue weighted by atomic mass is 16.3. The van der Waals surface area contributed by atoms with Gasteiger partial charge in [-0.05, 0) is 27.2 Å². The van der Waals surface area contributed by atoms with Crippen LogP contribution in [0.4, 0.5) is 5.82 Å². The maximum atomic E-state index is 9.03. The van der Waals surface area contributed by atoms with Gasteiger partial charge >= 0.3 is 0 Å². The van der Waals surface area contributed by atoms with E-state index in [9.17, 15) is 0 Å². The lowest BCUT2D eigenvalue weighted by Crippen LogP contribution is -2.19. The number of aryl methyl sites for hydroxylation is 1. The molecule has 98 valence electrons. The van der Waals surface area contributed by atoms with Gasteiger partial charge in [-0.3, -0.25) is 0 Å². The van der Waals surface area contributed by atoms with E-state index in [1.165, 1.54) is 24.8 Å². The van der Waals surface area contributed by atoms with Gasteiger partial charge in [0.05, 0.1) is 18.8 Å². The van der Waals surface area contributed by atoms with E-state index in [1.54, 1.807) is 0 Å². The minimum absolute atomic E-state index is 0.124. The molecule has 1 unspecified atom stereocenters. The van der Waals surface area contributed by atoms with Crippen LogP contribution in [-0.4, -0.2) is 27.5 Å². The van der Waals surface area contributed by atoms with Crippen LogP contribution in [0.5, 0.6) is 0 Å². The molecule has 0 bridgehead atoms. The van der Waals surface area contributed by atoms with E-state index in [0.717, 1.165) is 11.5 Å². The third-order valence-corrected chi connectivity index (χ3v) is 3.11. The number of aliphatic hydroxyl groups is 1. The van der Waals surface area contributed by atoms with E-state index in [4.69, 9.17) is 5.11 Å². The maximum absolute atomic E-state index is 9.03. The fourth-order valence-electron chi connectivity index (χ4n) is 1.93. The molecular weight excluding hydrogens is 214 g/mol. The first-order valence-electron chi connectivity index (χ1n) is 6.51. The summed E-state index contributed by atoms with van der Waals surface area (Å²) in [6.07, 6.45) is 3.62. The van der Waals surface area contributed by atoms with Crippen molar-refractivity contribution in [2.75, 3.05) is 11.9 Å². The molecule has 2 N–H and O–H groups in total. The van der Waals surface area contributed by atoms with Gasteiger partial charge in [0, 0.05) is 11.6 Å². The molecule has 0 aromatic carbocycles. The van der Waals surface area contributed by atoms with Gasteiger partial charge in [-0.1, -0.05) is 19.8 Å². The largest absolute Gasteiger partial charge is 0.394 e. The average Bonchev–Trinajstić information content (AvgIpc) is 2.55. The summed E-state index contributed by atoms with van der Waals surface area (Å²) in [6, 6.07) is 0.446. The highest BCUT2D eigenvalue weighted by molar-refractivity contribution is 5.47. The van der Waals surface area contributed by atoms with Crippen molar-refractivity contribution in [2.24, 2.45) is 0 Å². The molecule has 4 heteroatoms. The Morgan fingerprint density at radius 1 is 1.41 bits per heavy atom. The van der Waals surface area contributed by atoms with Crippen molar-refractivity contribution in [1.29, 1.82) is 0 Å². The van der Waals surface area contributed by atoms with E-state index in [0.29, 0.717) is 12.6 Å². The van der Waals surface area contributed by atoms with E-state index >= 15 is 0 Å². The third kappa shape index (κ3) is 3.73. The van der Waals surface area contributed by atoms with Crippen LogP contribution in [0.3, 0.4) is 0 Å². The monoisotopic (exact) mass is 239 g/mol. The van der Waals surface area contributed by atoms with E-state index in [-0.39, 0.29) is 6.61 Å². The minimum atomic E-state index is 0.124. The van der Waals surface area contributed by atoms with Gasteiger partial charge in [-0.2, -0.15) is 5.10 Å². The molecule has 0 radical (unpaired) electrons. The predicted octanol–water partition coefficient (Wildman–Crippen LogP) is 2.48. The number of nitrogens with one attached hydrogen (secondary N) is 1. The number of hydrogen-bond donors (Lipinski definition) is 2. The summed E-state index contributed by atoms with van der Waals surface area (Å²) in [7, 11) is 0. The van der Waals surface area contributed by atoms with Gasteiger partial charge in [0.25, 0.3) is 0 Å². The topological polar surface area (TPSA) is 50.1 Å². The number of aliphatic hydroxyl groups excluding tert-OH is 1. The molecule has 1 atom stereocenters. The lowest BCUT2D eigenvalue weighted by molar-refractivity contribution is 0.270. The second-order valence-corrected chi connectivity index (χ2v) is 4.69. The molecule has 1 aromatic rings. The Hall–Kier alpha value is -1.03. The Balaban J connectivity index is 2.74. The first-order valence-corrected chi connectivity index (χ1v) is 6.51. The van der Waals surface area contributed by atoms with E-state index in [2.05, 4.69) is 31.2 Å². The zero-order chi connectivity index (χ0) is 12.8. The van der Waals surface area contributed by atoms with Gasteiger partial charge < -0.3 is 10.4 Å². The summed E-state index contributed by atoms with van der Waals surface area (Å²) >= 11 is 0. The van der Waals surface area contributed by atoms with Crippen molar-refractivity contribution >= 4 is 5.82 Å². The molecule has 0 saturated carbocycles. The van der Waals surface area contributed by atoms with Crippen LogP contribution < -0.4 is 5.32 Å². The Morgan fingerprint density at radius 2 is 2.12 bits per heavy atom. The van der Waals surface area contributed by atoms with Crippen molar-refractivity contribution in [1.82, 2.24) is 9.78 Å². The van der Waals surface area contributed by atoms with Gasteiger partial charge in [-0.15, -0.1) is 0 Å². The number of anilines is 1. The summed E-state index contributed by atoms with van der Waals surface area (Å²) in [5.41, 5.74) is 2.21. The maximum Gasteiger partial charge on any atom is 0.127 e. The molecule has 0 aliphatic carbocycles. The first kappa shape index (κ1) is 14.0. The zero-order valence-electron chi connectivity index (χ0n) is 11.5. The molecule has 1 heterocycles. The molecule has 1 aromatic heterocycles. The van der Waals surface area contributed by atoms with Crippen LogP contribution in [0.2, 0.25) is 0 Å². The quantitative estimate of drug-likeness (QED) is 0.768. The normalized spacial score (nSPS) is 12.8. The molecule has 1 rings (SSSR count). The third-order valence-electron chi connectivity index (χ3n) is 3.11. The van der Waals surface area contributed by atoms with Crippen LogP contribution in [0.15, 0.2) is 0 Å².